The third kappa shape index (κ3) is 4.14. The van der Waals surface area contributed by atoms with Gasteiger partial charge in [-0.2, -0.15) is 0 Å². The standard InChI is InChI=1S/C21H18F3N3O4/c1-3-8-27(10-16(28)25-15-7-6-14(22)17(23)18(15)24)19(29)11-4-5-12-13(9-11)21(31)26(2)20(12)30/h4-7,9H,3,8,10H2,1-2H3,(H,25,28). The van der Waals surface area contributed by atoms with Crippen LogP contribution >= 0.6 is 0 Å². The molecule has 0 saturated carbocycles. The van der Waals surface area contributed by atoms with Gasteiger partial charge in [0.05, 0.1) is 16.8 Å². The molecular formula is C21H18F3N3O4. The number of anilines is 1. The Bertz CT molecular complexity index is 1100. The largest absolute Gasteiger partial charge is 0.329 e. The Kier molecular flexibility index (Phi) is 6.09. The molecule has 31 heavy (non-hydrogen) atoms. The zero-order chi connectivity index (χ0) is 22.9. The van der Waals surface area contributed by atoms with Crippen molar-refractivity contribution in [2.24, 2.45) is 0 Å². The minimum Gasteiger partial charge on any atom is -0.329 e. The van der Waals surface area contributed by atoms with Crippen molar-refractivity contribution in [3.63, 3.8) is 0 Å². The Morgan fingerprint density at radius 3 is 2.35 bits per heavy atom. The molecule has 1 heterocycles. The van der Waals surface area contributed by atoms with Gasteiger partial charge in [0, 0.05) is 19.2 Å². The van der Waals surface area contributed by atoms with E-state index in [0.29, 0.717) is 12.5 Å². The summed E-state index contributed by atoms with van der Waals surface area (Å²) < 4.78 is 40.2. The average Bonchev–Trinajstić information content (AvgIpc) is 2.97. The Hall–Kier alpha value is -3.69. The molecule has 2 aromatic carbocycles. The fourth-order valence-corrected chi connectivity index (χ4v) is 3.18. The molecule has 3 rings (SSSR count). The topological polar surface area (TPSA) is 86.8 Å². The first-order chi connectivity index (χ1) is 14.6. The Labute approximate surface area is 175 Å². The van der Waals surface area contributed by atoms with Crippen LogP contribution in [0.1, 0.15) is 44.4 Å². The van der Waals surface area contributed by atoms with Gasteiger partial charge in [-0.05, 0) is 36.8 Å². The van der Waals surface area contributed by atoms with Crippen LogP contribution in [0.5, 0.6) is 0 Å². The normalized spacial score (nSPS) is 12.7. The van der Waals surface area contributed by atoms with Gasteiger partial charge < -0.3 is 10.2 Å². The summed E-state index contributed by atoms with van der Waals surface area (Å²) >= 11 is 0. The molecule has 0 aliphatic carbocycles. The zero-order valence-electron chi connectivity index (χ0n) is 16.7. The molecule has 0 unspecified atom stereocenters. The third-order valence-corrected chi connectivity index (χ3v) is 4.76. The Balaban J connectivity index is 1.79. The zero-order valence-corrected chi connectivity index (χ0v) is 16.7. The van der Waals surface area contributed by atoms with Crippen LogP contribution in [0.2, 0.25) is 0 Å². The van der Waals surface area contributed by atoms with Gasteiger partial charge in [0.15, 0.2) is 17.5 Å². The summed E-state index contributed by atoms with van der Waals surface area (Å²) in [4.78, 5) is 51.5. The summed E-state index contributed by atoms with van der Waals surface area (Å²) in [7, 11) is 1.33. The lowest BCUT2D eigenvalue weighted by atomic mass is 10.0. The number of nitrogens with zero attached hydrogens (tertiary/aromatic N) is 2. The molecule has 10 heteroatoms. The Morgan fingerprint density at radius 1 is 1.00 bits per heavy atom. The van der Waals surface area contributed by atoms with Crippen molar-refractivity contribution in [2.75, 3.05) is 25.5 Å². The summed E-state index contributed by atoms with van der Waals surface area (Å²) in [6.45, 7) is 1.44. The molecular weight excluding hydrogens is 415 g/mol. The van der Waals surface area contributed by atoms with Crippen LogP contribution in [0.15, 0.2) is 30.3 Å². The predicted molar refractivity (Wildman–Crippen MR) is 104 cm³/mol. The van der Waals surface area contributed by atoms with E-state index in [0.717, 1.165) is 11.0 Å². The van der Waals surface area contributed by atoms with Crippen LogP contribution in [0.25, 0.3) is 0 Å². The maximum absolute atomic E-state index is 13.8. The molecule has 0 saturated heterocycles. The molecule has 0 atom stereocenters. The van der Waals surface area contributed by atoms with E-state index in [2.05, 4.69) is 5.32 Å². The van der Waals surface area contributed by atoms with Gasteiger partial charge in [0.1, 0.15) is 6.54 Å². The number of benzene rings is 2. The second-order valence-electron chi connectivity index (χ2n) is 6.93. The van der Waals surface area contributed by atoms with Gasteiger partial charge in [-0.15, -0.1) is 0 Å². The highest BCUT2D eigenvalue weighted by atomic mass is 19.2. The van der Waals surface area contributed by atoms with E-state index in [9.17, 15) is 32.3 Å². The van der Waals surface area contributed by atoms with E-state index in [4.69, 9.17) is 0 Å². The van der Waals surface area contributed by atoms with Gasteiger partial charge in [-0.25, -0.2) is 13.2 Å². The van der Waals surface area contributed by atoms with Crippen molar-refractivity contribution in [3.8, 4) is 0 Å². The number of fused-ring (bicyclic) bond motifs is 1. The molecule has 0 bridgehead atoms. The third-order valence-electron chi connectivity index (χ3n) is 4.76. The number of carbonyl (C=O) groups is 4. The van der Waals surface area contributed by atoms with Gasteiger partial charge in [0.2, 0.25) is 5.91 Å². The van der Waals surface area contributed by atoms with E-state index in [-0.39, 0.29) is 23.2 Å². The fourth-order valence-electron chi connectivity index (χ4n) is 3.18. The fraction of sp³-hybridized carbons (Fsp3) is 0.238. The van der Waals surface area contributed by atoms with E-state index < -0.39 is 53.3 Å². The summed E-state index contributed by atoms with van der Waals surface area (Å²) in [5.41, 5.74) is -0.200. The second kappa shape index (κ2) is 8.58. The Morgan fingerprint density at radius 2 is 1.68 bits per heavy atom. The van der Waals surface area contributed by atoms with Crippen molar-refractivity contribution in [1.29, 1.82) is 0 Å². The minimum absolute atomic E-state index is 0.0862. The highest BCUT2D eigenvalue weighted by Crippen LogP contribution is 2.24. The van der Waals surface area contributed by atoms with Crippen molar-refractivity contribution >= 4 is 29.3 Å². The first-order valence-electron chi connectivity index (χ1n) is 9.34. The molecule has 0 spiro atoms. The second-order valence-corrected chi connectivity index (χ2v) is 6.93. The summed E-state index contributed by atoms with van der Waals surface area (Å²) in [5, 5.41) is 2.11. The number of halogens is 3. The molecule has 162 valence electrons. The molecule has 4 amide bonds. The molecule has 1 aliphatic rings. The maximum atomic E-state index is 13.8. The van der Waals surface area contributed by atoms with Crippen molar-refractivity contribution in [2.45, 2.75) is 13.3 Å². The van der Waals surface area contributed by atoms with Gasteiger partial charge in [-0.3, -0.25) is 24.1 Å². The monoisotopic (exact) mass is 433 g/mol. The summed E-state index contributed by atoms with van der Waals surface area (Å²) in [6, 6.07) is 5.57. The molecule has 2 aromatic rings. The predicted octanol–water partition coefficient (Wildman–Crippen LogP) is 2.82. The molecule has 1 aliphatic heterocycles. The number of nitrogens with one attached hydrogen (secondary N) is 1. The number of hydrogen-bond acceptors (Lipinski definition) is 4. The number of amides is 4. The van der Waals surface area contributed by atoms with E-state index in [1.54, 1.807) is 6.92 Å². The smallest absolute Gasteiger partial charge is 0.261 e. The van der Waals surface area contributed by atoms with E-state index in [1.807, 2.05) is 0 Å². The van der Waals surface area contributed by atoms with Crippen LogP contribution in [0.3, 0.4) is 0 Å². The molecule has 0 radical (unpaired) electrons. The molecule has 7 nitrogen and oxygen atoms in total. The van der Waals surface area contributed by atoms with Crippen LogP contribution in [0, 0.1) is 17.5 Å². The van der Waals surface area contributed by atoms with Crippen LogP contribution in [-0.2, 0) is 4.79 Å². The lowest BCUT2D eigenvalue weighted by Gasteiger charge is -2.22. The van der Waals surface area contributed by atoms with Crippen LogP contribution in [0.4, 0.5) is 18.9 Å². The number of carbonyl (C=O) groups excluding carboxylic acids is 4. The van der Waals surface area contributed by atoms with Crippen LogP contribution in [-0.4, -0.2) is 53.6 Å². The summed E-state index contributed by atoms with van der Waals surface area (Å²) in [6.07, 6.45) is 0.490. The van der Waals surface area contributed by atoms with E-state index >= 15 is 0 Å². The maximum Gasteiger partial charge on any atom is 0.261 e. The highest BCUT2D eigenvalue weighted by molar-refractivity contribution is 6.21. The summed E-state index contributed by atoms with van der Waals surface area (Å²) in [5.74, 6) is -7.08. The van der Waals surface area contributed by atoms with Crippen LogP contribution < -0.4 is 5.32 Å². The highest BCUT2D eigenvalue weighted by Gasteiger charge is 2.33. The lowest BCUT2D eigenvalue weighted by molar-refractivity contribution is -0.116. The number of rotatable bonds is 6. The first-order valence-corrected chi connectivity index (χ1v) is 9.34. The van der Waals surface area contributed by atoms with Gasteiger partial charge in [-0.1, -0.05) is 6.92 Å². The first kappa shape index (κ1) is 22.0. The van der Waals surface area contributed by atoms with Crippen molar-refractivity contribution in [3.05, 3.63) is 64.5 Å². The van der Waals surface area contributed by atoms with Gasteiger partial charge >= 0.3 is 0 Å². The van der Waals surface area contributed by atoms with Crippen molar-refractivity contribution < 1.29 is 32.3 Å². The number of imide groups is 1. The van der Waals surface area contributed by atoms with E-state index in [1.165, 1.54) is 30.1 Å². The van der Waals surface area contributed by atoms with Crippen molar-refractivity contribution in [1.82, 2.24) is 9.80 Å². The minimum atomic E-state index is -1.72. The molecule has 0 fully saturated rings. The average molecular weight is 433 g/mol. The lowest BCUT2D eigenvalue weighted by Crippen LogP contribution is -2.38. The molecule has 1 N–H and O–H groups in total. The SMILES string of the molecule is CCCN(CC(=O)Nc1ccc(F)c(F)c1F)C(=O)c1ccc2c(c1)C(=O)N(C)C2=O. The van der Waals surface area contributed by atoms with Gasteiger partial charge in [0.25, 0.3) is 17.7 Å². The number of hydrogen-bond donors (Lipinski definition) is 1. The molecule has 0 aromatic heterocycles. The quantitative estimate of drug-likeness (QED) is 0.561.